The Labute approximate surface area is 162 Å². The summed E-state index contributed by atoms with van der Waals surface area (Å²) in [7, 11) is 0. The van der Waals surface area contributed by atoms with E-state index in [1.54, 1.807) is 0 Å². The van der Waals surface area contributed by atoms with Gasteiger partial charge in [-0.05, 0) is 80.1 Å². The van der Waals surface area contributed by atoms with E-state index in [4.69, 9.17) is 4.74 Å². The van der Waals surface area contributed by atoms with Crippen molar-refractivity contribution in [2.24, 2.45) is 46.8 Å². The van der Waals surface area contributed by atoms with Gasteiger partial charge in [-0.15, -0.1) is 0 Å². The Balaban J connectivity index is 1.42. The highest BCUT2D eigenvalue weighted by atomic mass is 16.5. The minimum absolute atomic E-state index is 0.00934. The highest BCUT2D eigenvalue weighted by Crippen LogP contribution is 2.78. The summed E-state index contributed by atoms with van der Waals surface area (Å²) in [4.78, 5) is 12.1. The average molecular weight is 369 g/mol. The molecule has 1 aliphatic heterocycles. The normalized spacial score (nSPS) is 55.0. The number of hydrogen-bond donors (Lipinski definition) is 1. The summed E-state index contributed by atoms with van der Waals surface area (Å²) in [6.45, 7) is 3.40. The molecule has 9 atom stereocenters. The van der Waals surface area contributed by atoms with E-state index in [0.717, 1.165) is 43.1 Å². The Morgan fingerprint density at radius 1 is 1.22 bits per heavy atom. The van der Waals surface area contributed by atoms with Crippen molar-refractivity contribution in [2.75, 3.05) is 13.2 Å². The number of rotatable bonds is 2. The minimum atomic E-state index is 0.00934. The third kappa shape index (κ3) is 1.93. The smallest absolute Gasteiger partial charge is 0.155 e. The van der Waals surface area contributed by atoms with Crippen molar-refractivity contribution in [3.05, 3.63) is 23.8 Å². The summed E-state index contributed by atoms with van der Waals surface area (Å²) >= 11 is 0. The Bertz CT molecular complexity index is 738. The van der Waals surface area contributed by atoms with Crippen LogP contribution in [0.4, 0.5) is 0 Å². The van der Waals surface area contributed by atoms with E-state index in [2.05, 4.69) is 19.1 Å². The van der Waals surface area contributed by atoms with E-state index in [0.29, 0.717) is 23.7 Å². The zero-order valence-electron chi connectivity index (χ0n) is 16.4. The van der Waals surface area contributed by atoms with E-state index in [-0.39, 0.29) is 23.9 Å². The number of fused-ring (bicyclic) bond motifs is 9. The lowest BCUT2D eigenvalue weighted by Gasteiger charge is -2.59. The molecule has 0 amide bonds. The van der Waals surface area contributed by atoms with Gasteiger partial charge in [-0.25, -0.2) is 0 Å². The molecule has 0 aromatic heterocycles. The number of hydrogen-bond acceptors (Lipinski definition) is 3. The van der Waals surface area contributed by atoms with Gasteiger partial charge in [0.25, 0.3) is 0 Å². The van der Waals surface area contributed by atoms with Crippen molar-refractivity contribution >= 4 is 5.78 Å². The third-order valence-electron chi connectivity index (χ3n) is 9.84. The predicted molar refractivity (Wildman–Crippen MR) is 103 cm³/mol. The van der Waals surface area contributed by atoms with Gasteiger partial charge in [0.15, 0.2) is 5.78 Å². The zero-order chi connectivity index (χ0) is 18.4. The summed E-state index contributed by atoms with van der Waals surface area (Å²) in [5, 5.41) is 10.2. The van der Waals surface area contributed by atoms with Crippen molar-refractivity contribution < 1.29 is 14.6 Å². The molecule has 6 aliphatic rings. The fourth-order valence-electron chi connectivity index (χ4n) is 9.00. The van der Waals surface area contributed by atoms with Crippen LogP contribution in [0.1, 0.15) is 51.9 Å². The van der Waals surface area contributed by atoms with Gasteiger partial charge >= 0.3 is 0 Å². The molecular weight excluding hydrogens is 336 g/mol. The maximum Gasteiger partial charge on any atom is 0.155 e. The van der Waals surface area contributed by atoms with Crippen molar-refractivity contribution in [3.8, 4) is 0 Å². The highest BCUT2D eigenvalue weighted by Gasteiger charge is 2.77. The van der Waals surface area contributed by atoms with Crippen LogP contribution in [0, 0.1) is 46.8 Å². The van der Waals surface area contributed by atoms with Crippen molar-refractivity contribution in [2.45, 2.75) is 57.5 Å². The van der Waals surface area contributed by atoms with Crippen LogP contribution in [-0.2, 0) is 9.53 Å². The second kappa shape index (κ2) is 5.57. The van der Waals surface area contributed by atoms with Gasteiger partial charge in [0.05, 0.1) is 12.2 Å². The largest absolute Gasteiger partial charge is 0.396 e. The van der Waals surface area contributed by atoms with E-state index < -0.39 is 0 Å². The van der Waals surface area contributed by atoms with Gasteiger partial charge in [-0.2, -0.15) is 0 Å². The maximum atomic E-state index is 12.1. The molecule has 0 radical (unpaired) electrons. The molecule has 4 saturated carbocycles. The van der Waals surface area contributed by atoms with Gasteiger partial charge in [-0.1, -0.05) is 24.6 Å². The van der Waals surface area contributed by atoms with E-state index in [1.165, 1.54) is 31.3 Å². The van der Waals surface area contributed by atoms with E-state index in [1.807, 2.05) is 6.08 Å². The molecule has 1 N–H and O–H groups in total. The SMILES string of the molecule is CC[C@]12CC[C@H]3[C@@H](C[C@@H](CO)C4=CC(=O)CC[C@@H]43)[C@@H]1[C@@H]1C[C@@H]1[C@@]21C=CCO1. The van der Waals surface area contributed by atoms with Crippen molar-refractivity contribution in [1.82, 2.24) is 0 Å². The number of carbonyl (C=O) groups is 1. The summed E-state index contributed by atoms with van der Waals surface area (Å²) < 4.78 is 6.56. The number of aliphatic hydroxyl groups is 1. The molecule has 3 nitrogen and oxygen atoms in total. The van der Waals surface area contributed by atoms with Gasteiger partial charge < -0.3 is 9.84 Å². The molecule has 6 rings (SSSR count). The van der Waals surface area contributed by atoms with Crippen molar-refractivity contribution in [3.63, 3.8) is 0 Å². The topological polar surface area (TPSA) is 46.5 Å². The molecule has 0 saturated heterocycles. The van der Waals surface area contributed by atoms with Crippen molar-refractivity contribution in [1.29, 1.82) is 0 Å². The first-order valence-corrected chi connectivity index (χ1v) is 11.3. The van der Waals surface area contributed by atoms with Crippen LogP contribution in [-0.4, -0.2) is 29.7 Å². The van der Waals surface area contributed by atoms with Gasteiger partial charge in [-0.3, -0.25) is 4.79 Å². The first-order chi connectivity index (χ1) is 13.1. The zero-order valence-corrected chi connectivity index (χ0v) is 16.4. The highest BCUT2D eigenvalue weighted by molar-refractivity contribution is 5.91. The molecule has 5 aliphatic carbocycles. The van der Waals surface area contributed by atoms with Crippen LogP contribution in [0.3, 0.4) is 0 Å². The number of aliphatic hydroxyl groups excluding tert-OH is 1. The molecular formula is C24H32O3. The van der Waals surface area contributed by atoms with Gasteiger partial charge in [0, 0.05) is 24.4 Å². The minimum Gasteiger partial charge on any atom is -0.396 e. The van der Waals surface area contributed by atoms with Crippen LogP contribution >= 0.6 is 0 Å². The Hall–Kier alpha value is -0.930. The monoisotopic (exact) mass is 368 g/mol. The Morgan fingerprint density at radius 2 is 2.11 bits per heavy atom. The van der Waals surface area contributed by atoms with E-state index >= 15 is 0 Å². The lowest BCUT2D eigenvalue weighted by atomic mass is 9.46. The first-order valence-electron chi connectivity index (χ1n) is 11.3. The fraction of sp³-hybridized carbons (Fsp3) is 0.792. The second-order valence-corrected chi connectivity index (χ2v) is 10.3. The molecule has 4 fully saturated rings. The lowest BCUT2D eigenvalue weighted by molar-refractivity contribution is -0.146. The number of ketones is 1. The van der Waals surface area contributed by atoms with Gasteiger partial charge in [0.2, 0.25) is 0 Å². The fourth-order valence-corrected chi connectivity index (χ4v) is 9.00. The third-order valence-corrected chi connectivity index (χ3v) is 9.84. The Kier molecular flexibility index (Phi) is 3.50. The molecule has 0 unspecified atom stereocenters. The Morgan fingerprint density at radius 3 is 2.85 bits per heavy atom. The number of carbonyl (C=O) groups excluding carboxylic acids is 1. The summed E-state index contributed by atoms with van der Waals surface area (Å²) in [5.41, 5.74) is 1.62. The molecule has 146 valence electrons. The molecule has 0 aromatic rings. The quantitative estimate of drug-likeness (QED) is 0.752. The van der Waals surface area contributed by atoms with Crippen LogP contribution in [0.25, 0.3) is 0 Å². The lowest BCUT2D eigenvalue weighted by Crippen LogP contribution is -2.56. The summed E-state index contributed by atoms with van der Waals surface area (Å²) in [5.74, 6) is 4.78. The molecule has 0 aromatic carbocycles. The van der Waals surface area contributed by atoms with E-state index in [9.17, 15) is 9.90 Å². The number of ether oxygens (including phenoxy) is 1. The van der Waals surface area contributed by atoms with Crippen LogP contribution in [0.15, 0.2) is 23.8 Å². The van der Waals surface area contributed by atoms with Crippen LogP contribution < -0.4 is 0 Å². The average Bonchev–Trinajstić information content (AvgIpc) is 3.25. The van der Waals surface area contributed by atoms with Crippen LogP contribution in [0.5, 0.6) is 0 Å². The summed E-state index contributed by atoms with van der Waals surface area (Å²) in [6.07, 6.45) is 14.6. The second-order valence-electron chi connectivity index (χ2n) is 10.3. The standard InChI is InChI=1S/C24H32O3/c1-2-23-8-6-17-16-5-4-15(26)11-18(16)14(13-25)10-19(17)22(23)20-12-21(20)24(23)7-3-9-27-24/h3,7,11,14,16-17,19-22,25H,2,4-6,8-10,12-13H2,1H3/t14-,16+,17+,19+,20+,21-,22+,23-,24-/m0/s1. The predicted octanol–water partition coefficient (Wildman–Crippen LogP) is 3.92. The molecule has 1 spiro atoms. The molecule has 3 heteroatoms. The van der Waals surface area contributed by atoms with Gasteiger partial charge in [0.1, 0.15) is 0 Å². The first kappa shape index (κ1) is 17.0. The molecule has 1 heterocycles. The molecule has 0 bridgehead atoms. The van der Waals surface area contributed by atoms with Crippen LogP contribution in [0.2, 0.25) is 0 Å². The maximum absolute atomic E-state index is 12.1. The summed E-state index contributed by atoms with van der Waals surface area (Å²) in [6, 6.07) is 0. The molecule has 27 heavy (non-hydrogen) atoms.